The summed E-state index contributed by atoms with van der Waals surface area (Å²) in [4.78, 5) is 55.4. The maximum atomic E-state index is 10.6. The molecule has 0 bridgehead atoms. The molecule has 5 aromatic rings. The number of carbonyl (C=O) groups excluding carboxylic acids is 4. The third kappa shape index (κ3) is 12.8. The molecule has 0 spiro atoms. The van der Waals surface area contributed by atoms with Crippen LogP contribution in [0.1, 0.15) is 5.56 Å². The summed E-state index contributed by atoms with van der Waals surface area (Å²) < 4.78 is 8.71. The van der Waals surface area contributed by atoms with Crippen molar-refractivity contribution in [2.24, 2.45) is 0 Å². The number of thiophene rings is 1. The summed E-state index contributed by atoms with van der Waals surface area (Å²) in [5.41, 5.74) is 18.6. The van der Waals surface area contributed by atoms with E-state index in [1.54, 1.807) is 17.5 Å². The molecule has 5 rings (SSSR count). The Morgan fingerprint density at radius 3 is 2.09 bits per heavy atom. The van der Waals surface area contributed by atoms with Crippen LogP contribution in [0, 0.1) is 13.1 Å². The molecule has 4 N–H and O–H groups in total. The summed E-state index contributed by atoms with van der Waals surface area (Å²) >= 11 is 1.67. The molecule has 2 amide bonds. The Morgan fingerprint density at radius 2 is 1.51 bits per heavy atom. The average Bonchev–Trinajstić information content (AvgIpc) is 3.73. The van der Waals surface area contributed by atoms with E-state index < -0.39 is 12.2 Å². The average molecular weight is 811 g/mol. The number of nitrogens with one attached hydrogen (secondary N) is 4. The van der Waals surface area contributed by atoms with E-state index in [1.165, 1.54) is 0 Å². The SMILES string of the molecule is COC([NH-])=O.COC([NH-])=O.[CH2-]c1cc(-c2ccc3cc(-c4cnc(P[C-]=O)[nH]4)sc3c2)ccc1-c1[c-]nc(P[C-]=O)[nH]1.[V+2].[V+2].[Y]. The second kappa shape index (κ2) is 21.5. The number of methoxy groups -OCH3 is 2. The van der Waals surface area contributed by atoms with E-state index in [1.807, 2.05) is 30.3 Å². The van der Waals surface area contributed by atoms with Gasteiger partial charge in [0.25, 0.3) is 0 Å². The zero-order chi connectivity index (χ0) is 30.6. The molecule has 3 heterocycles. The Balaban J connectivity index is 0.00000131. The fraction of sp³-hybridized carbons (Fsp3) is 0.0741. The van der Waals surface area contributed by atoms with Gasteiger partial charge in [-0.15, -0.1) is 23.0 Å². The Labute approximate surface area is 315 Å². The van der Waals surface area contributed by atoms with E-state index in [0.29, 0.717) is 16.8 Å². The predicted octanol–water partition coefficient (Wildman–Crippen LogP) is 5.68. The molecule has 0 aliphatic heterocycles. The number of hydrogen-bond acceptors (Lipinski definition) is 9. The zero-order valence-corrected chi connectivity index (χ0v) is 32.0. The van der Waals surface area contributed by atoms with Crippen LogP contribution in [0.5, 0.6) is 0 Å². The number of hydrogen-bond donors (Lipinski definition) is 2. The van der Waals surface area contributed by atoms with Gasteiger partial charge in [0.05, 0.1) is 36.6 Å². The summed E-state index contributed by atoms with van der Waals surface area (Å²) in [6.07, 6.45) is 2.68. The van der Waals surface area contributed by atoms with Gasteiger partial charge in [-0.05, 0) is 28.6 Å². The molecule has 45 heavy (non-hydrogen) atoms. The van der Waals surface area contributed by atoms with Gasteiger partial charge >= 0.3 is 37.1 Å². The van der Waals surface area contributed by atoms with Crippen LogP contribution < -0.4 is 11.1 Å². The molecule has 227 valence electrons. The Bertz CT molecular complexity index is 1700. The molecule has 0 saturated carbocycles. The maximum Gasteiger partial charge on any atom is 2.00 e. The quantitative estimate of drug-likeness (QED) is 0.155. The number of aromatic amines is 2. The van der Waals surface area contributed by atoms with Gasteiger partial charge in [-0.3, -0.25) is 9.59 Å². The van der Waals surface area contributed by atoms with Gasteiger partial charge in [0.2, 0.25) is 12.2 Å². The number of benzene rings is 2. The van der Waals surface area contributed by atoms with Gasteiger partial charge in [-0.1, -0.05) is 35.7 Å². The topological polar surface area (TPSA) is 192 Å². The minimum absolute atomic E-state index is 0. The Kier molecular flexibility index (Phi) is 20.4. The number of imidazole rings is 2. The van der Waals surface area contributed by atoms with Gasteiger partial charge in [0.15, 0.2) is 0 Å². The van der Waals surface area contributed by atoms with Crippen molar-refractivity contribution in [3.8, 4) is 33.0 Å². The van der Waals surface area contributed by atoms with E-state index >= 15 is 0 Å². The normalized spacial score (nSPS) is 9.91. The first-order chi connectivity index (χ1) is 20.2. The van der Waals surface area contributed by atoms with Crippen LogP contribution in [0.25, 0.3) is 54.5 Å². The first-order valence-corrected chi connectivity index (χ1v) is 14.4. The maximum absolute atomic E-state index is 10.6. The number of aromatic nitrogens is 4. The van der Waals surface area contributed by atoms with E-state index in [0.717, 1.165) is 57.1 Å². The van der Waals surface area contributed by atoms with Crippen molar-refractivity contribution in [3.63, 3.8) is 0 Å². The number of amides is 2. The van der Waals surface area contributed by atoms with Gasteiger partial charge in [0.1, 0.15) is 0 Å². The minimum Gasteiger partial charge on any atom is -0.632 e. The molecular formula is C27H22N6O6P2SV2Y-2. The molecule has 3 radical (unpaired) electrons. The summed E-state index contributed by atoms with van der Waals surface area (Å²) in [5.74, 6) is 0. The van der Waals surface area contributed by atoms with Crippen LogP contribution in [-0.4, -0.2) is 58.4 Å². The van der Waals surface area contributed by atoms with E-state index in [4.69, 9.17) is 11.5 Å². The third-order valence-electron chi connectivity index (χ3n) is 5.30. The van der Waals surface area contributed by atoms with Gasteiger partial charge in [0, 0.05) is 37.4 Å². The summed E-state index contributed by atoms with van der Waals surface area (Å²) in [7, 11) is 2.10. The van der Waals surface area contributed by atoms with Crippen LogP contribution in [0.2, 0.25) is 0 Å². The molecule has 2 aromatic carbocycles. The molecule has 2 atom stereocenters. The smallest absolute Gasteiger partial charge is 0.632 e. The van der Waals surface area contributed by atoms with Crippen LogP contribution in [0.4, 0.5) is 9.59 Å². The molecule has 2 unspecified atom stereocenters. The van der Waals surface area contributed by atoms with Crippen molar-refractivity contribution in [1.82, 2.24) is 19.9 Å². The van der Waals surface area contributed by atoms with Gasteiger partial charge in [-0.25, -0.2) is 25.6 Å². The van der Waals surface area contributed by atoms with Crippen LogP contribution >= 0.6 is 28.5 Å². The first-order valence-electron chi connectivity index (χ1n) is 11.6. The van der Waals surface area contributed by atoms with Crippen LogP contribution in [0.3, 0.4) is 0 Å². The molecule has 18 heteroatoms. The predicted molar refractivity (Wildman–Crippen MR) is 166 cm³/mol. The summed E-state index contributed by atoms with van der Waals surface area (Å²) in [6, 6.07) is 18.3. The Hall–Kier alpha value is -2.30. The number of nitrogens with zero attached hydrogens (tertiary/aromatic N) is 2. The van der Waals surface area contributed by atoms with Crippen molar-refractivity contribution < 1.29 is 98.5 Å². The van der Waals surface area contributed by atoms with Gasteiger partial charge in [-0.2, -0.15) is 27.1 Å². The third-order valence-corrected chi connectivity index (χ3v) is 7.60. The molecule has 0 fully saturated rings. The number of rotatable bonds is 7. The fourth-order valence-corrected chi connectivity index (χ4v) is 5.33. The first kappa shape index (κ1) is 42.7. The van der Waals surface area contributed by atoms with Crippen LogP contribution in [0.15, 0.2) is 48.7 Å². The zero-order valence-electron chi connectivity index (χ0n) is 23.5. The fourth-order valence-electron chi connectivity index (χ4n) is 3.44. The van der Waals surface area contributed by atoms with Gasteiger partial charge < -0.3 is 45.5 Å². The second-order valence-corrected chi connectivity index (χ2v) is 10.8. The number of fused-ring (bicyclic) bond motifs is 1. The standard InChI is InChI=1S/C23H14N4O2P2S.2C2H5NO2.2V.Y/c1-13-6-14(4-5-17(13)18-9-24-22(26-18)30-11-28)15-2-3-16-8-21(32-20(16)7-15)19-10-25-23(27-19)31-12-29;2*1-5-2(3)4;;;/h2-8,10,30-31H,1H2,(H,24,26)(H,25,27);2*1H3,(H2,3,4);;;/q-4;;;2*+2;/p-2. The van der Waals surface area contributed by atoms with E-state index in [-0.39, 0.29) is 87.0 Å². The molecule has 0 aliphatic carbocycles. The summed E-state index contributed by atoms with van der Waals surface area (Å²) in [5, 5.41) is 1.15. The largest absolute Gasteiger partial charge is 2.00 e. The van der Waals surface area contributed by atoms with Crippen molar-refractivity contribution in [1.29, 1.82) is 0 Å². The molecule has 3 aromatic heterocycles. The summed E-state index contributed by atoms with van der Waals surface area (Å²) in [6.45, 7) is 4.18. The number of carbonyl (C=O) groups is 2. The van der Waals surface area contributed by atoms with Crippen molar-refractivity contribution in [2.45, 2.75) is 0 Å². The Morgan fingerprint density at radius 1 is 0.933 bits per heavy atom. The molecular weight excluding hydrogens is 789 g/mol. The van der Waals surface area contributed by atoms with Crippen molar-refractivity contribution in [2.75, 3.05) is 14.2 Å². The van der Waals surface area contributed by atoms with Crippen molar-refractivity contribution in [3.05, 3.63) is 78.8 Å². The molecule has 0 aliphatic rings. The van der Waals surface area contributed by atoms with E-state index in [9.17, 15) is 19.2 Å². The monoisotopic (exact) mass is 811 g/mol. The second-order valence-electron chi connectivity index (χ2n) is 7.89. The number of H-pyrrole nitrogens is 2. The molecule has 12 nitrogen and oxygen atoms in total. The van der Waals surface area contributed by atoms with Crippen molar-refractivity contribution >= 4 is 74.0 Å². The van der Waals surface area contributed by atoms with Crippen LogP contribution in [-0.2, 0) is 88.9 Å². The van der Waals surface area contributed by atoms with E-state index in [2.05, 4.69) is 66.8 Å². The number of ether oxygens (including phenoxy) is 2. The minimum atomic E-state index is -0.995. The molecule has 0 saturated heterocycles.